The Bertz CT molecular complexity index is 3240. The van der Waals surface area contributed by atoms with E-state index >= 15 is 0 Å². The standard InChI is InChI=1S/C58H66F2N7O12PS/c1-57(2,3)50(63-52(72)45-32-39-31-40(23-25-44(39)81-45)58(59,60)80(77,78)79)56(76)66-30-29-64(35-43(66)54(74)65-28-16-21-38(34-65)36-17-12-10-13-18-36)48(70)33-47(69)61-27-14-9-7-5-4-6-8-11-19-37-20-15-22-41-49(37)55(75)67(53(41)73)42-24-26-46(68)62-51(42)71/h10,12-13,15,17-18,20,22-23,25,31-32,38,42-43,50H,4-9,14,16,21,24,26-30,33-35H2,1-3H3,(H,61,69)(H,63,72)(H,62,68,71)(H2,77,78,79)/t38-,42?,43-,50?/m0/s1. The molecule has 3 aromatic carbocycles. The molecule has 5 heterocycles. The zero-order chi connectivity index (χ0) is 58.4. The van der Waals surface area contributed by atoms with Gasteiger partial charge in [0.05, 0.1) is 22.5 Å². The molecule has 19 nitrogen and oxygen atoms in total. The molecule has 0 aliphatic carbocycles. The van der Waals surface area contributed by atoms with E-state index in [9.17, 15) is 66.3 Å². The van der Waals surface area contributed by atoms with Crippen molar-refractivity contribution in [3.63, 3.8) is 0 Å². The lowest BCUT2D eigenvalue weighted by atomic mass is 9.85. The van der Waals surface area contributed by atoms with E-state index < -0.39 is 96.0 Å². The van der Waals surface area contributed by atoms with Crippen LogP contribution in [0.3, 0.4) is 0 Å². The van der Waals surface area contributed by atoms with Crippen molar-refractivity contribution in [3.05, 3.63) is 105 Å². The summed E-state index contributed by atoms with van der Waals surface area (Å²) >= 11 is 0.936. The molecule has 0 bridgehead atoms. The Labute approximate surface area is 471 Å². The van der Waals surface area contributed by atoms with E-state index in [2.05, 4.69) is 27.8 Å². The summed E-state index contributed by atoms with van der Waals surface area (Å²) in [5.41, 5.74) is -4.53. The molecule has 5 N–H and O–H groups in total. The molecule has 0 radical (unpaired) electrons. The first kappa shape index (κ1) is 59.9. The number of imide groups is 2. The molecule has 81 heavy (non-hydrogen) atoms. The minimum absolute atomic E-state index is 0.00267. The molecule has 4 aliphatic rings. The Morgan fingerprint density at radius 3 is 2.28 bits per heavy atom. The van der Waals surface area contributed by atoms with Gasteiger partial charge in [0, 0.05) is 67.3 Å². The average molecular weight is 1150 g/mol. The number of amides is 9. The first-order valence-electron chi connectivity index (χ1n) is 27.2. The van der Waals surface area contributed by atoms with Crippen molar-refractivity contribution in [2.75, 3.05) is 39.3 Å². The van der Waals surface area contributed by atoms with Gasteiger partial charge in [0.2, 0.25) is 35.4 Å². The van der Waals surface area contributed by atoms with Gasteiger partial charge in [-0.1, -0.05) is 101 Å². The molecule has 1 aromatic heterocycles. The van der Waals surface area contributed by atoms with E-state index in [4.69, 9.17) is 0 Å². The molecular weight excluding hydrogens is 1090 g/mol. The zero-order valence-electron chi connectivity index (χ0n) is 45.3. The number of unbranched alkanes of at least 4 members (excludes halogenated alkanes) is 6. The van der Waals surface area contributed by atoms with Gasteiger partial charge in [-0.25, -0.2) is 0 Å². The SMILES string of the molecule is CC(C)(C)C(NC(=O)c1cc2cc(C(F)(F)P(=O)(O)O)ccc2s1)C(=O)N1CCN(C(=O)CC(=O)NCCCCCCCCC#Cc2cccc3c2C(=O)N(C2CCC(=O)NC2=O)C3=O)C[C@H]1C(=O)N1CCC[C@H](c2ccccc2)C1. The van der Waals surface area contributed by atoms with Crippen LogP contribution in [-0.2, 0) is 39.0 Å². The number of piperidine rings is 2. The summed E-state index contributed by atoms with van der Waals surface area (Å²) in [6.45, 7) is 6.07. The Hall–Kier alpha value is -7.18. The molecule has 4 aliphatic heterocycles. The minimum Gasteiger partial charge on any atom is -0.356 e. The number of fused-ring (bicyclic) bond motifs is 2. The van der Waals surface area contributed by atoms with Crippen LogP contribution in [0.25, 0.3) is 10.1 Å². The van der Waals surface area contributed by atoms with Crippen molar-refractivity contribution in [1.82, 2.24) is 35.6 Å². The molecule has 3 saturated heterocycles. The molecule has 3 fully saturated rings. The quantitative estimate of drug-likeness (QED) is 0.0238. The number of carbonyl (C=O) groups excluding carboxylic acids is 9. The maximum atomic E-state index is 14.9. The number of thiophene rings is 1. The first-order valence-corrected chi connectivity index (χ1v) is 29.7. The highest BCUT2D eigenvalue weighted by Crippen LogP contribution is 2.59. The van der Waals surface area contributed by atoms with Gasteiger partial charge in [-0.15, -0.1) is 11.3 Å². The van der Waals surface area contributed by atoms with E-state index in [0.29, 0.717) is 49.2 Å². The number of nitrogens with zero attached hydrogens (tertiary/aromatic N) is 4. The lowest BCUT2D eigenvalue weighted by Crippen LogP contribution is -2.66. The molecule has 0 spiro atoms. The Balaban J connectivity index is 0.830. The second-order valence-electron chi connectivity index (χ2n) is 22.0. The lowest BCUT2D eigenvalue weighted by molar-refractivity contribution is -0.155. The predicted octanol–water partition coefficient (Wildman–Crippen LogP) is 6.41. The summed E-state index contributed by atoms with van der Waals surface area (Å²) in [6.07, 6.45) is 6.68. The van der Waals surface area contributed by atoms with Crippen LogP contribution in [0.4, 0.5) is 8.78 Å². The summed E-state index contributed by atoms with van der Waals surface area (Å²) in [6, 6.07) is 15.5. The van der Waals surface area contributed by atoms with Gasteiger partial charge in [-0.05, 0) is 78.8 Å². The fraction of sp³-hybridized carbons (Fsp3) is 0.466. The van der Waals surface area contributed by atoms with Gasteiger partial charge >= 0.3 is 13.3 Å². The Kier molecular flexibility index (Phi) is 18.7. The van der Waals surface area contributed by atoms with Crippen LogP contribution < -0.4 is 16.0 Å². The third-order valence-corrected chi connectivity index (χ3v) is 17.3. The smallest absolute Gasteiger partial charge is 0.356 e. The van der Waals surface area contributed by atoms with Gasteiger partial charge in [0.15, 0.2) is 0 Å². The van der Waals surface area contributed by atoms with Crippen molar-refractivity contribution in [3.8, 4) is 11.8 Å². The summed E-state index contributed by atoms with van der Waals surface area (Å²) in [5, 5.41) is 7.96. The number of piperazine rings is 1. The monoisotopic (exact) mass is 1150 g/mol. The van der Waals surface area contributed by atoms with Gasteiger partial charge in [0.1, 0.15) is 24.5 Å². The number of carbonyl (C=O) groups is 9. The van der Waals surface area contributed by atoms with Gasteiger partial charge in [-0.3, -0.25) is 57.9 Å². The normalized spacial score (nSPS) is 19.2. The molecule has 4 aromatic rings. The van der Waals surface area contributed by atoms with Gasteiger partial charge in [-0.2, -0.15) is 8.78 Å². The number of halogens is 2. The maximum absolute atomic E-state index is 14.9. The number of nitrogens with one attached hydrogen (secondary N) is 3. The van der Waals surface area contributed by atoms with Gasteiger partial charge in [0.25, 0.3) is 17.7 Å². The number of benzene rings is 3. The fourth-order valence-electron chi connectivity index (χ4n) is 10.8. The van der Waals surface area contributed by atoms with E-state index in [1.165, 1.54) is 28.0 Å². The molecule has 23 heteroatoms. The molecular formula is C58H66F2N7O12PS. The Morgan fingerprint density at radius 2 is 1.57 bits per heavy atom. The number of hydrogen-bond donors (Lipinski definition) is 5. The molecule has 4 atom stereocenters. The van der Waals surface area contributed by atoms with Crippen LogP contribution in [0.15, 0.2) is 72.8 Å². The molecule has 8 rings (SSSR count). The van der Waals surface area contributed by atoms with Crippen LogP contribution in [-0.4, -0.2) is 140 Å². The maximum Gasteiger partial charge on any atom is 0.399 e. The van der Waals surface area contributed by atoms with Crippen LogP contribution >= 0.6 is 18.9 Å². The van der Waals surface area contributed by atoms with Crippen LogP contribution in [0.5, 0.6) is 0 Å². The van der Waals surface area contributed by atoms with E-state index in [1.807, 2.05) is 30.3 Å². The first-order chi connectivity index (χ1) is 38.4. The highest BCUT2D eigenvalue weighted by molar-refractivity contribution is 7.52. The molecule has 2 unspecified atom stereocenters. The van der Waals surface area contributed by atoms with Crippen molar-refractivity contribution >= 4 is 82.2 Å². The topological polar surface area (TPSA) is 260 Å². The zero-order valence-corrected chi connectivity index (χ0v) is 47.1. The number of alkyl halides is 2. The highest BCUT2D eigenvalue weighted by atomic mass is 32.1. The van der Waals surface area contributed by atoms with E-state index in [1.54, 1.807) is 37.8 Å². The number of rotatable bonds is 18. The summed E-state index contributed by atoms with van der Waals surface area (Å²) < 4.78 is 41.2. The molecule has 9 amide bonds. The average Bonchev–Trinajstić information content (AvgIpc) is 4.17. The summed E-state index contributed by atoms with van der Waals surface area (Å²) in [5.74, 6) is 1.15. The van der Waals surface area contributed by atoms with Crippen molar-refractivity contribution in [1.29, 1.82) is 0 Å². The van der Waals surface area contributed by atoms with E-state index in [-0.39, 0.29) is 65.7 Å². The second-order valence-corrected chi connectivity index (χ2v) is 24.8. The molecule has 430 valence electrons. The van der Waals surface area contributed by atoms with Crippen LogP contribution in [0, 0.1) is 17.3 Å². The minimum atomic E-state index is -5.86. The number of hydrogen-bond acceptors (Lipinski definition) is 11. The molecule has 0 saturated carbocycles. The third kappa shape index (κ3) is 13.8. The summed E-state index contributed by atoms with van der Waals surface area (Å²) in [4.78, 5) is 145. The van der Waals surface area contributed by atoms with Crippen molar-refractivity contribution < 1.29 is 66.3 Å². The van der Waals surface area contributed by atoms with Crippen LogP contribution in [0.2, 0.25) is 0 Å². The predicted molar refractivity (Wildman–Crippen MR) is 295 cm³/mol. The highest BCUT2D eigenvalue weighted by Gasteiger charge is 2.51. The summed E-state index contributed by atoms with van der Waals surface area (Å²) in [7, 11) is -5.86. The fourth-order valence-corrected chi connectivity index (χ4v) is 12.2. The number of likely N-dealkylation sites (tertiary alicyclic amines) is 1. The third-order valence-electron chi connectivity index (χ3n) is 15.2. The Morgan fingerprint density at radius 1 is 0.840 bits per heavy atom. The largest absolute Gasteiger partial charge is 0.399 e. The van der Waals surface area contributed by atoms with Gasteiger partial charge < -0.3 is 35.1 Å². The van der Waals surface area contributed by atoms with Crippen molar-refractivity contribution in [2.45, 2.75) is 128 Å². The second kappa shape index (κ2) is 25.3. The lowest BCUT2D eigenvalue weighted by Gasteiger charge is -2.45. The van der Waals surface area contributed by atoms with E-state index in [0.717, 1.165) is 72.5 Å². The van der Waals surface area contributed by atoms with Crippen molar-refractivity contribution in [2.24, 2.45) is 5.41 Å². The van der Waals surface area contributed by atoms with Crippen LogP contribution in [0.1, 0.15) is 151 Å².